The van der Waals surface area contributed by atoms with Crippen molar-refractivity contribution in [2.75, 3.05) is 14.2 Å². The largest absolute Gasteiger partial charge is 0.497 e. The van der Waals surface area contributed by atoms with Gasteiger partial charge in [0.1, 0.15) is 23.4 Å². The predicted octanol–water partition coefficient (Wildman–Crippen LogP) is 3.23. The van der Waals surface area contributed by atoms with E-state index in [1.807, 2.05) is 6.92 Å². The number of aliphatic hydroxyl groups is 1. The van der Waals surface area contributed by atoms with Crippen molar-refractivity contribution >= 4 is 0 Å². The van der Waals surface area contributed by atoms with Crippen LogP contribution in [0.1, 0.15) is 22.8 Å². The number of hydrogen-bond donors (Lipinski definition) is 1. The van der Waals surface area contributed by atoms with E-state index in [0.29, 0.717) is 11.3 Å². The topological polar surface area (TPSA) is 38.7 Å². The minimum atomic E-state index is -1.02. The summed E-state index contributed by atoms with van der Waals surface area (Å²) >= 11 is 0. The molecule has 3 nitrogen and oxygen atoms in total. The lowest BCUT2D eigenvalue weighted by Crippen LogP contribution is -2.03. The summed E-state index contributed by atoms with van der Waals surface area (Å²) in [5.41, 5.74) is 1.72. The maximum absolute atomic E-state index is 14.0. The van der Waals surface area contributed by atoms with Crippen LogP contribution in [0.15, 0.2) is 36.4 Å². The number of methoxy groups -OCH3 is 2. The lowest BCUT2D eigenvalue weighted by molar-refractivity contribution is 0.214. The first kappa shape index (κ1) is 14.3. The van der Waals surface area contributed by atoms with E-state index in [0.717, 1.165) is 11.3 Å². The van der Waals surface area contributed by atoms with Gasteiger partial charge in [-0.3, -0.25) is 0 Å². The minimum Gasteiger partial charge on any atom is -0.497 e. The number of hydrogen-bond acceptors (Lipinski definition) is 3. The monoisotopic (exact) mass is 276 g/mol. The molecule has 1 N–H and O–H groups in total. The number of aryl methyl sites for hydroxylation is 1. The van der Waals surface area contributed by atoms with Crippen molar-refractivity contribution < 1.29 is 19.0 Å². The molecule has 0 aromatic heterocycles. The average Bonchev–Trinajstić information content (AvgIpc) is 2.46. The second-order valence-corrected chi connectivity index (χ2v) is 4.52. The van der Waals surface area contributed by atoms with Crippen LogP contribution in [-0.2, 0) is 0 Å². The molecule has 1 atom stereocenters. The van der Waals surface area contributed by atoms with Crippen molar-refractivity contribution in [1.29, 1.82) is 0 Å². The smallest absolute Gasteiger partial charge is 0.133 e. The lowest BCUT2D eigenvalue weighted by Gasteiger charge is -2.15. The van der Waals surface area contributed by atoms with Gasteiger partial charge in [-0.05, 0) is 42.3 Å². The molecule has 0 heterocycles. The highest BCUT2D eigenvalue weighted by atomic mass is 19.1. The Balaban J connectivity index is 2.35. The highest BCUT2D eigenvalue weighted by molar-refractivity contribution is 5.41. The molecule has 0 saturated carbocycles. The fourth-order valence-electron chi connectivity index (χ4n) is 2.11. The summed E-state index contributed by atoms with van der Waals surface area (Å²) < 4.78 is 24.1. The Bertz CT molecular complexity index is 611. The van der Waals surface area contributed by atoms with Gasteiger partial charge in [-0.2, -0.15) is 0 Å². The van der Waals surface area contributed by atoms with Crippen molar-refractivity contribution in [3.05, 3.63) is 58.9 Å². The van der Waals surface area contributed by atoms with Crippen LogP contribution in [0.4, 0.5) is 4.39 Å². The molecule has 0 spiro atoms. The van der Waals surface area contributed by atoms with Gasteiger partial charge in [0.15, 0.2) is 0 Å². The summed E-state index contributed by atoms with van der Waals surface area (Å²) in [6, 6.07) is 9.67. The van der Waals surface area contributed by atoms with E-state index in [-0.39, 0.29) is 5.56 Å². The van der Waals surface area contributed by atoms with E-state index in [4.69, 9.17) is 9.47 Å². The summed E-state index contributed by atoms with van der Waals surface area (Å²) in [5, 5.41) is 10.3. The summed E-state index contributed by atoms with van der Waals surface area (Å²) in [5.74, 6) is 0.658. The molecule has 0 bridgehead atoms. The van der Waals surface area contributed by atoms with Gasteiger partial charge in [0.05, 0.1) is 14.2 Å². The molecular weight excluding hydrogens is 259 g/mol. The summed E-state index contributed by atoms with van der Waals surface area (Å²) in [6.07, 6.45) is -1.02. The van der Waals surface area contributed by atoms with E-state index < -0.39 is 11.9 Å². The third-order valence-electron chi connectivity index (χ3n) is 3.24. The number of halogens is 1. The van der Waals surface area contributed by atoms with Crippen molar-refractivity contribution in [2.24, 2.45) is 0 Å². The molecule has 0 saturated heterocycles. The second-order valence-electron chi connectivity index (χ2n) is 4.52. The number of ether oxygens (including phenoxy) is 2. The fraction of sp³-hybridized carbons (Fsp3) is 0.250. The van der Waals surface area contributed by atoms with Gasteiger partial charge in [0, 0.05) is 11.6 Å². The van der Waals surface area contributed by atoms with Crippen molar-refractivity contribution in [3.8, 4) is 11.5 Å². The Labute approximate surface area is 117 Å². The maximum atomic E-state index is 14.0. The zero-order valence-electron chi connectivity index (χ0n) is 11.7. The van der Waals surface area contributed by atoms with E-state index in [1.54, 1.807) is 31.4 Å². The molecule has 2 rings (SSSR count). The Morgan fingerprint density at radius 2 is 1.80 bits per heavy atom. The van der Waals surface area contributed by atoms with Crippen LogP contribution >= 0.6 is 0 Å². The third kappa shape index (κ3) is 2.75. The van der Waals surface area contributed by atoms with Crippen LogP contribution in [0.2, 0.25) is 0 Å². The van der Waals surface area contributed by atoms with Gasteiger partial charge in [0.2, 0.25) is 0 Å². The predicted molar refractivity (Wildman–Crippen MR) is 74.7 cm³/mol. The second kappa shape index (κ2) is 5.92. The molecule has 106 valence electrons. The minimum absolute atomic E-state index is 0.218. The zero-order valence-corrected chi connectivity index (χ0v) is 11.7. The van der Waals surface area contributed by atoms with E-state index in [9.17, 15) is 9.50 Å². The van der Waals surface area contributed by atoms with Gasteiger partial charge in [-0.25, -0.2) is 4.39 Å². The third-order valence-corrected chi connectivity index (χ3v) is 3.24. The van der Waals surface area contributed by atoms with Crippen LogP contribution in [0.25, 0.3) is 0 Å². The van der Waals surface area contributed by atoms with Gasteiger partial charge >= 0.3 is 0 Å². The fourth-order valence-corrected chi connectivity index (χ4v) is 2.11. The molecule has 2 aromatic carbocycles. The normalized spacial score (nSPS) is 12.1. The SMILES string of the molecule is COc1ccc(C(O)c2ccc(OC)c(C)c2)c(F)c1. The number of benzene rings is 2. The number of aliphatic hydroxyl groups excluding tert-OH is 1. The zero-order chi connectivity index (χ0) is 14.7. The maximum Gasteiger partial charge on any atom is 0.133 e. The first-order valence-electron chi connectivity index (χ1n) is 6.23. The first-order chi connectivity index (χ1) is 9.56. The van der Waals surface area contributed by atoms with Crippen molar-refractivity contribution in [1.82, 2.24) is 0 Å². The molecule has 0 amide bonds. The van der Waals surface area contributed by atoms with Crippen molar-refractivity contribution in [3.63, 3.8) is 0 Å². The van der Waals surface area contributed by atoms with E-state index in [1.165, 1.54) is 19.2 Å². The van der Waals surface area contributed by atoms with E-state index >= 15 is 0 Å². The highest BCUT2D eigenvalue weighted by Gasteiger charge is 2.16. The van der Waals surface area contributed by atoms with Crippen LogP contribution < -0.4 is 9.47 Å². The van der Waals surface area contributed by atoms with Crippen molar-refractivity contribution in [2.45, 2.75) is 13.0 Å². The van der Waals surface area contributed by atoms with Crippen LogP contribution in [-0.4, -0.2) is 19.3 Å². The standard InChI is InChI=1S/C16H17FO3/c1-10-8-11(4-7-15(10)20-3)16(18)13-6-5-12(19-2)9-14(13)17/h4-9,16,18H,1-3H3. The molecule has 0 radical (unpaired) electrons. The Morgan fingerprint density at radius 1 is 1.05 bits per heavy atom. The number of rotatable bonds is 4. The molecule has 1 unspecified atom stereocenters. The van der Waals surface area contributed by atoms with Gasteiger partial charge in [-0.1, -0.05) is 6.07 Å². The van der Waals surface area contributed by atoms with E-state index in [2.05, 4.69) is 0 Å². The van der Waals surface area contributed by atoms with Gasteiger partial charge < -0.3 is 14.6 Å². The summed E-state index contributed by atoms with van der Waals surface area (Å²) in [6.45, 7) is 1.87. The molecule has 20 heavy (non-hydrogen) atoms. The highest BCUT2D eigenvalue weighted by Crippen LogP contribution is 2.29. The van der Waals surface area contributed by atoms with Crippen LogP contribution in [0.3, 0.4) is 0 Å². The summed E-state index contributed by atoms with van der Waals surface area (Å²) in [4.78, 5) is 0. The molecule has 0 aliphatic heterocycles. The van der Waals surface area contributed by atoms with Crippen LogP contribution in [0, 0.1) is 12.7 Å². The summed E-state index contributed by atoms with van der Waals surface area (Å²) in [7, 11) is 3.05. The quantitative estimate of drug-likeness (QED) is 0.931. The Morgan fingerprint density at radius 3 is 2.35 bits per heavy atom. The van der Waals surface area contributed by atoms with Crippen LogP contribution in [0.5, 0.6) is 11.5 Å². The Hall–Kier alpha value is -2.07. The van der Waals surface area contributed by atoms with Gasteiger partial charge in [0.25, 0.3) is 0 Å². The Kier molecular flexibility index (Phi) is 4.25. The molecule has 0 aliphatic rings. The molecular formula is C16H17FO3. The molecule has 0 fully saturated rings. The lowest BCUT2D eigenvalue weighted by atomic mass is 9.99. The molecule has 0 aliphatic carbocycles. The van der Waals surface area contributed by atoms with Gasteiger partial charge in [-0.15, -0.1) is 0 Å². The first-order valence-corrected chi connectivity index (χ1v) is 6.23. The molecule has 4 heteroatoms. The molecule has 2 aromatic rings. The average molecular weight is 276 g/mol.